The van der Waals surface area contributed by atoms with Gasteiger partial charge in [0.1, 0.15) is 0 Å². The van der Waals surface area contributed by atoms with Gasteiger partial charge in [-0.15, -0.1) is 0 Å². The van der Waals surface area contributed by atoms with E-state index in [4.69, 9.17) is 10.3 Å². The number of aliphatic hydroxyl groups excluding tert-OH is 1. The summed E-state index contributed by atoms with van der Waals surface area (Å²) in [5, 5.41) is 13.8. The van der Waals surface area contributed by atoms with E-state index in [1.807, 2.05) is 25.1 Å². The molecule has 0 unspecified atom stereocenters. The Balaban J connectivity index is 0.000000159. The summed E-state index contributed by atoms with van der Waals surface area (Å²) in [7, 11) is 0. The average Bonchev–Trinajstić information content (AvgIpc) is 3.49. The van der Waals surface area contributed by atoms with Crippen LogP contribution in [0.2, 0.25) is 0 Å². The highest BCUT2D eigenvalue weighted by Gasteiger charge is 2.54. The van der Waals surface area contributed by atoms with Crippen LogP contribution >= 0.6 is 0 Å². The van der Waals surface area contributed by atoms with Gasteiger partial charge in [-0.3, -0.25) is 9.80 Å². The molecule has 1 N–H and O–H groups in total. The maximum atomic E-state index is 10.1. The summed E-state index contributed by atoms with van der Waals surface area (Å²) < 4.78 is 5.69. The van der Waals surface area contributed by atoms with E-state index in [0.29, 0.717) is 19.1 Å². The minimum Gasteiger partial charge on any atom is -0.391 e. The molecule has 7 nitrogen and oxygen atoms in total. The number of epoxide rings is 1. The van der Waals surface area contributed by atoms with E-state index in [-0.39, 0.29) is 5.60 Å². The summed E-state index contributed by atoms with van der Waals surface area (Å²) >= 11 is 0. The molecule has 3 heterocycles. The average molecular weight is 450 g/mol. The lowest BCUT2D eigenvalue weighted by atomic mass is 9.87. The first-order chi connectivity index (χ1) is 15.9. The zero-order valence-electron chi connectivity index (χ0n) is 19.7. The van der Waals surface area contributed by atoms with Gasteiger partial charge in [0.15, 0.2) is 0 Å². The van der Waals surface area contributed by atoms with E-state index in [0.717, 1.165) is 26.2 Å². The lowest BCUT2D eigenvalue weighted by Crippen LogP contribution is -2.52. The van der Waals surface area contributed by atoms with Crippen LogP contribution in [0.4, 0.5) is 0 Å². The topological polar surface area (TPSA) is 88.0 Å². The third-order valence-corrected chi connectivity index (χ3v) is 7.24. The molecule has 0 spiro atoms. The number of azide groups is 1. The molecule has 7 heteroatoms. The van der Waals surface area contributed by atoms with Crippen molar-refractivity contribution < 1.29 is 9.84 Å². The number of rotatable bonds is 5. The van der Waals surface area contributed by atoms with Gasteiger partial charge in [-0.05, 0) is 43.0 Å². The van der Waals surface area contributed by atoms with Crippen molar-refractivity contribution in [2.45, 2.75) is 63.1 Å². The van der Waals surface area contributed by atoms with E-state index >= 15 is 0 Å². The normalized spacial score (nSPS) is 31.5. The first-order valence-corrected chi connectivity index (χ1v) is 11.8. The van der Waals surface area contributed by atoms with Crippen molar-refractivity contribution in [2.24, 2.45) is 5.11 Å². The molecule has 0 aromatic heterocycles. The van der Waals surface area contributed by atoms with Crippen molar-refractivity contribution in [1.82, 2.24) is 9.80 Å². The monoisotopic (exact) mass is 449 g/mol. The van der Waals surface area contributed by atoms with Gasteiger partial charge in [-0.25, -0.2) is 0 Å². The largest absolute Gasteiger partial charge is 0.391 e. The fourth-order valence-electron chi connectivity index (χ4n) is 4.72. The number of benzene rings is 2. The highest BCUT2D eigenvalue weighted by molar-refractivity contribution is 5.16. The third kappa shape index (κ3) is 6.14. The molecule has 3 fully saturated rings. The van der Waals surface area contributed by atoms with Crippen molar-refractivity contribution in [3.63, 3.8) is 0 Å². The first-order valence-electron chi connectivity index (χ1n) is 11.8. The lowest BCUT2D eigenvalue weighted by molar-refractivity contribution is 0.00906. The standard InChI is InChI=1S/C13H18N4O.C13H17NO/c1-13(15-16-14)7-8-17(10-12(13)18)9-11-5-3-2-4-6-11;1-13-7-8-14(10-12(13)15-13)9-11-5-3-2-4-6-11/h2-6,12,18H,7-10H2,1H3;2-6,12H,7-10H2,1H3/t12-,13-;12-,13+/m11/s1. The van der Waals surface area contributed by atoms with Crippen LogP contribution < -0.4 is 0 Å². The van der Waals surface area contributed by atoms with Crippen LogP contribution in [0.3, 0.4) is 0 Å². The van der Waals surface area contributed by atoms with Crippen LogP contribution in [0.25, 0.3) is 10.4 Å². The number of hydrogen-bond acceptors (Lipinski definition) is 5. The van der Waals surface area contributed by atoms with Crippen LogP contribution in [-0.2, 0) is 17.8 Å². The number of aliphatic hydroxyl groups is 1. The molecule has 3 aliphatic rings. The smallest absolute Gasteiger partial charge is 0.0997 e. The SMILES string of the molecule is C[C@@]1(N=[N+]=[N-])CCN(Cc2ccccc2)C[C@H]1O.C[C@]12CCN(Cc3ccccc3)C[C@H]1O2. The molecule has 5 rings (SSSR count). The van der Waals surface area contributed by atoms with Gasteiger partial charge in [0.25, 0.3) is 0 Å². The number of ether oxygens (including phenoxy) is 1. The van der Waals surface area contributed by atoms with Gasteiger partial charge in [-0.1, -0.05) is 72.7 Å². The second-order valence-corrected chi connectivity index (χ2v) is 9.92. The fraction of sp³-hybridized carbons (Fsp3) is 0.538. The molecule has 33 heavy (non-hydrogen) atoms. The number of nitrogens with zero attached hydrogens (tertiary/aromatic N) is 5. The van der Waals surface area contributed by atoms with Crippen LogP contribution in [0, 0.1) is 0 Å². The molecule has 0 amide bonds. The zero-order valence-corrected chi connectivity index (χ0v) is 19.7. The zero-order chi connectivity index (χ0) is 23.3. The van der Waals surface area contributed by atoms with Crippen molar-refractivity contribution in [1.29, 1.82) is 0 Å². The fourth-order valence-corrected chi connectivity index (χ4v) is 4.72. The molecule has 0 bridgehead atoms. The first kappa shape index (κ1) is 23.7. The van der Waals surface area contributed by atoms with Crippen LogP contribution in [0.5, 0.6) is 0 Å². The summed E-state index contributed by atoms with van der Waals surface area (Å²) in [6.45, 7) is 9.59. The molecule has 0 radical (unpaired) electrons. The third-order valence-electron chi connectivity index (χ3n) is 7.24. The highest BCUT2D eigenvalue weighted by atomic mass is 16.6. The molecule has 3 saturated heterocycles. The maximum Gasteiger partial charge on any atom is 0.0997 e. The number of likely N-dealkylation sites (tertiary alicyclic amines) is 2. The molecular weight excluding hydrogens is 414 g/mol. The molecule has 3 aliphatic heterocycles. The number of piperidine rings is 2. The van der Waals surface area contributed by atoms with Crippen molar-refractivity contribution in [2.75, 3.05) is 26.2 Å². The number of β-amino-alcohol motifs (C(OH)–C–C–N with tert-alkyl or cyclic N) is 1. The lowest BCUT2D eigenvalue weighted by Gasteiger charge is -2.40. The quantitative estimate of drug-likeness (QED) is 0.318. The van der Waals surface area contributed by atoms with Gasteiger partial charge in [0.2, 0.25) is 0 Å². The number of hydrogen-bond donors (Lipinski definition) is 1. The molecule has 176 valence electrons. The van der Waals surface area contributed by atoms with Crippen LogP contribution in [0.1, 0.15) is 37.8 Å². The van der Waals surface area contributed by atoms with Crippen molar-refractivity contribution in [3.8, 4) is 0 Å². The van der Waals surface area contributed by atoms with Gasteiger partial charge in [0, 0.05) is 37.6 Å². The van der Waals surface area contributed by atoms with Crippen LogP contribution in [-0.4, -0.2) is 64.4 Å². The van der Waals surface area contributed by atoms with Gasteiger partial charge in [-0.2, -0.15) is 0 Å². The van der Waals surface area contributed by atoms with E-state index in [1.165, 1.54) is 24.1 Å². The Kier molecular flexibility index (Phi) is 7.37. The Morgan fingerprint density at radius 3 is 2.00 bits per heavy atom. The highest BCUT2D eigenvalue weighted by Crippen LogP contribution is 2.43. The van der Waals surface area contributed by atoms with E-state index in [2.05, 4.69) is 69.2 Å². The molecule has 2 aromatic rings. The Labute approximate surface area is 196 Å². The molecule has 4 atom stereocenters. The molecular formula is C26H35N5O2. The molecule has 2 aromatic carbocycles. The number of fused-ring (bicyclic) bond motifs is 1. The van der Waals surface area contributed by atoms with E-state index in [9.17, 15) is 5.11 Å². The summed E-state index contributed by atoms with van der Waals surface area (Å²) in [5.41, 5.74) is 10.7. The minimum absolute atomic E-state index is 0.229. The van der Waals surface area contributed by atoms with Gasteiger partial charge >= 0.3 is 0 Å². The summed E-state index contributed by atoms with van der Waals surface area (Å²) in [5.74, 6) is 0. The Hall–Kier alpha value is -2.41. The van der Waals surface area contributed by atoms with Crippen molar-refractivity contribution >= 4 is 0 Å². The summed E-state index contributed by atoms with van der Waals surface area (Å²) in [6, 6.07) is 20.9. The Morgan fingerprint density at radius 1 is 0.939 bits per heavy atom. The predicted molar refractivity (Wildman–Crippen MR) is 130 cm³/mol. The predicted octanol–water partition coefficient (Wildman–Crippen LogP) is 4.37. The summed E-state index contributed by atoms with van der Waals surface area (Å²) in [6.07, 6.45) is 1.76. The van der Waals surface area contributed by atoms with Gasteiger partial charge < -0.3 is 9.84 Å². The Bertz CT molecular complexity index is 952. The van der Waals surface area contributed by atoms with Gasteiger partial charge in [0.05, 0.1) is 23.3 Å². The second kappa shape index (κ2) is 10.2. The summed E-state index contributed by atoms with van der Waals surface area (Å²) in [4.78, 5) is 7.52. The molecule has 0 saturated carbocycles. The van der Waals surface area contributed by atoms with Crippen molar-refractivity contribution in [3.05, 3.63) is 82.2 Å². The van der Waals surface area contributed by atoms with E-state index < -0.39 is 11.6 Å². The van der Waals surface area contributed by atoms with Crippen LogP contribution in [0.15, 0.2) is 65.8 Å². The second-order valence-electron chi connectivity index (χ2n) is 9.92. The molecule has 0 aliphatic carbocycles. The maximum absolute atomic E-state index is 10.1. The minimum atomic E-state index is -0.665. The van der Waals surface area contributed by atoms with E-state index in [1.54, 1.807) is 0 Å². The Morgan fingerprint density at radius 2 is 1.48 bits per heavy atom.